The van der Waals surface area contributed by atoms with E-state index in [9.17, 15) is 18.0 Å². The van der Waals surface area contributed by atoms with Crippen LogP contribution in [0.5, 0.6) is 11.5 Å². The van der Waals surface area contributed by atoms with Crippen molar-refractivity contribution in [2.75, 3.05) is 19.8 Å². The first kappa shape index (κ1) is 20.2. The van der Waals surface area contributed by atoms with Crippen LogP contribution in [0.3, 0.4) is 0 Å². The number of hydrogen-bond acceptors (Lipinski definition) is 3. The highest BCUT2D eigenvalue weighted by Gasteiger charge is 2.30. The lowest BCUT2D eigenvalue weighted by atomic mass is 10.2. The highest BCUT2D eigenvalue weighted by molar-refractivity contribution is 5.77. The summed E-state index contributed by atoms with van der Waals surface area (Å²) >= 11 is 0. The fourth-order valence-electron chi connectivity index (χ4n) is 2.05. The summed E-state index contributed by atoms with van der Waals surface area (Å²) < 4.78 is 48.3. The molecule has 2 aromatic rings. The lowest BCUT2D eigenvalue weighted by Gasteiger charge is -2.08. The smallest absolute Gasteiger partial charge is 0.416 e. The Morgan fingerprint density at radius 3 is 2.59 bits per heavy atom. The zero-order valence-electron chi connectivity index (χ0n) is 14.6. The van der Waals surface area contributed by atoms with Crippen LogP contribution in [0.2, 0.25) is 0 Å². The Labute approximate surface area is 155 Å². The van der Waals surface area contributed by atoms with Crippen molar-refractivity contribution in [1.29, 1.82) is 0 Å². The van der Waals surface area contributed by atoms with Crippen molar-refractivity contribution in [1.82, 2.24) is 5.32 Å². The molecule has 1 amide bonds. The number of ether oxygens (including phenoxy) is 2. The number of halogens is 3. The number of nitrogens with one attached hydrogen (secondary N) is 1. The molecule has 0 radical (unpaired) electrons. The van der Waals surface area contributed by atoms with Gasteiger partial charge >= 0.3 is 6.18 Å². The lowest BCUT2D eigenvalue weighted by Crippen LogP contribution is -2.29. The number of amides is 1. The van der Waals surface area contributed by atoms with Gasteiger partial charge in [-0.25, -0.2) is 0 Å². The monoisotopic (exact) mass is 377 g/mol. The van der Waals surface area contributed by atoms with Gasteiger partial charge in [0.05, 0.1) is 12.1 Å². The third-order valence-corrected chi connectivity index (χ3v) is 3.42. The van der Waals surface area contributed by atoms with E-state index in [0.29, 0.717) is 5.75 Å². The highest BCUT2D eigenvalue weighted by atomic mass is 19.4. The molecule has 0 unspecified atom stereocenters. The van der Waals surface area contributed by atoms with Gasteiger partial charge in [0, 0.05) is 0 Å². The van der Waals surface area contributed by atoms with E-state index in [1.165, 1.54) is 12.1 Å². The van der Waals surface area contributed by atoms with Crippen LogP contribution >= 0.6 is 0 Å². The van der Waals surface area contributed by atoms with E-state index in [1.54, 1.807) is 6.07 Å². The van der Waals surface area contributed by atoms with Crippen LogP contribution in [0.4, 0.5) is 13.2 Å². The number of para-hydroxylation sites is 1. The molecule has 0 aromatic heterocycles. The molecular weight excluding hydrogens is 359 g/mol. The Kier molecular flexibility index (Phi) is 7.12. The first-order valence-corrected chi connectivity index (χ1v) is 8.07. The summed E-state index contributed by atoms with van der Waals surface area (Å²) in [7, 11) is 0. The molecule has 7 heteroatoms. The molecule has 0 spiro atoms. The molecule has 0 bridgehead atoms. The third-order valence-electron chi connectivity index (χ3n) is 3.42. The summed E-state index contributed by atoms with van der Waals surface area (Å²) in [6.45, 7) is 1.75. The average molecular weight is 377 g/mol. The Bertz CT molecular complexity index is 838. The maximum atomic E-state index is 12.6. The summed E-state index contributed by atoms with van der Waals surface area (Å²) in [6, 6.07) is 11.9. The minimum Gasteiger partial charge on any atom is -0.484 e. The van der Waals surface area contributed by atoms with Gasteiger partial charge < -0.3 is 14.8 Å². The van der Waals surface area contributed by atoms with Gasteiger partial charge in [0.15, 0.2) is 6.61 Å². The normalized spacial score (nSPS) is 10.5. The van der Waals surface area contributed by atoms with Gasteiger partial charge in [-0.3, -0.25) is 4.79 Å². The number of aryl methyl sites for hydroxylation is 1. The van der Waals surface area contributed by atoms with Gasteiger partial charge in [-0.2, -0.15) is 13.2 Å². The topological polar surface area (TPSA) is 47.6 Å². The van der Waals surface area contributed by atoms with E-state index in [1.807, 2.05) is 25.1 Å². The number of benzene rings is 2. The third kappa shape index (κ3) is 6.94. The predicted molar refractivity (Wildman–Crippen MR) is 94.4 cm³/mol. The first-order valence-electron chi connectivity index (χ1n) is 8.07. The van der Waals surface area contributed by atoms with Crippen molar-refractivity contribution in [3.63, 3.8) is 0 Å². The Hall–Kier alpha value is -3.14. The van der Waals surface area contributed by atoms with Crippen molar-refractivity contribution < 1.29 is 27.4 Å². The quantitative estimate of drug-likeness (QED) is 0.783. The van der Waals surface area contributed by atoms with Crippen LogP contribution in [0.15, 0.2) is 48.5 Å². The van der Waals surface area contributed by atoms with Gasteiger partial charge in [0.25, 0.3) is 5.91 Å². The molecule has 0 aliphatic rings. The molecule has 2 aromatic carbocycles. The molecular formula is C20H18F3NO3. The highest BCUT2D eigenvalue weighted by Crippen LogP contribution is 2.31. The second-order valence-corrected chi connectivity index (χ2v) is 5.50. The van der Waals surface area contributed by atoms with Crippen LogP contribution < -0.4 is 14.8 Å². The second kappa shape index (κ2) is 9.53. The minimum atomic E-state index is -4.42. The number of alkyl halides is 3. The van der Waals surface area contributed by atoms with Crippen LogP contribution in [-0.4, -0.2) is 25.7 Å². The largest absolute Gasteiger partial charge is 0.484 e. The predicted octanol–water partition coefficient (Wildman–Crippen LogP) is 3.59. The van der Waals surface area contributed by atoms with E-state index in [4.69, 9.17) is 9.47 Å². The number of carbonyl (C=O) groups is 1. The van der Waals surface area contributed by atoms with Crippen LogP contribution in [0, 0.1) is 18.8 Å². The molecule has 0 aliphatic heterocycles. The molecule has 0 atom stereocenters. The molecule has 1 N–H and O–H groups in total. The molecule has 0 saturated carbocycles. The number of carbonyl (C=O) groups excluding carboxylic acids is 1. The maximum Gasteiger partial charge on any atom is 0.416 e. The summed E-state index contributed by atoms with van der Waals surface area (Å²) in [6.07, 6.45) is -4.42. The Morgan fingerprint density at radius 2 is 1.85 bits per heavy atom. The van der Waals surface area contributed by atoms with Crippen LogP contribution in [0.1, 0.15) is 11.1 Å². The number of hydrogen-bond donors (Lipinski definition) is 1. The minimum absolute atomic E-state index is 0.0785. The SMILES string of the molecule is Cc1ccccc1OCC(=O)NCC#CCOc1cccc(C(F)(F)F)c1. The molecule has 0 fully saturated rings. The zero-order chi connectivity index (χ0) is 19.7. The lowest BCUT2D eigenvalue weighted by molar-refractivity contribution is -0.137. The van der Waals surface area contributed by atoms with Gasteiger partial charge in [-0.15, -0.1) is 0 Å². The summed E-state index contributed by atoms with van der Waals surface area (Å²) in [5, 5.41) is 2.56. The van der Waals surface area contributed by atoms with Crippen LogP contribution in [-0.2, 0) is 11.0 Å². The van der Waals surface area contributed by atoms with Crippen molar-refractivity contribution in [3.05, 3.63) is 59.7 Å². The number of rotatable bonds is 6. The summed E-state index contributed by atoms with van der Waals surface area (Å²) in [4.78, 5) is 11.7. The molecule has 2 rings (SSSR count). The molecule has 4 nitrogen and oxygen atoms in total. The van der Waals surface area contributed by atoms with Crippen LogP contribution in [0.25, 0.3) is 0 Å². The fraction of sp³-hybridized carbons (Fsp3) is 0.250. The first-order chi connectivity index (χ1) is 12.9. The second-order valence-electron chi connectivity index (χ2n) is 5.50. The van der Waals surface area contributed by atoms with E-state index < -0.39 is 11.7 Å². The zero-order valence-corrected chi connectivity index (χ0v) is 14.6. The molecule has 27 heavy (non-hydrogen) atoms. The Balaban J connectivity index is 1.69. The van der Waals surface area contributed by atoms with Gasteiger partial charge in [-0.05, 0) is 36.8 Å². The van der Waals surface area contributed by atoms with Crippen molar-refractivity contribution in [2.24, 2.45) is 0 Å². The standard InChI is InChI=1S/C20H18F3NO3/c1-15-7-2-3-10-18(15)27-14-19(25)24-11-4-5-12-26-17-9-6-8-16(13-17)20(21,22)23/h2-3,6-10,13H,11-12,14H2,1H3,(H,24,25). The van der Waals surface area contributed by atoms with E-state index in [-0.39, 0.29) is 31.4 Å². The molecule has 0 aliphatic carbocycles. The molecule has 0 heterocycles. The fourth-order valence-corrected chi connectivity index (χ4v) is 2.05. The summed E-state index contributed by atoms with van der Waals surface area (Å²) in [5.74, 6) is 5.66. The van der Waals surface area contributed by atoms with Gasteiger partial charge in [0.1, 0.15) is 18.1 Å². The van der Waals surface area contributed by atoms with E-state index in [2.05, 4.69) is 17.2 Å². The molecule has 0 saturated heterocycles. The van der Waals surface area contributed by atoms with Crippen molar-refractivity contribution in [2.45, 2.75) is 13.1 Å². The maximum absolute atomic E-state index is 12.6. The average Bonchev–Trinajstić information content (AvgIpc) is 2.63. The van der Waals surface area contributed by atoms with Crippen molar-refractivity contribution >= 4 is 5.91 Å². The van der Waals surface area contributed by atoms with E-state index in [0.717, 1.165) is 17.7 Å². The van der Waals surface area contributed by atoms with Gasteiger partial charge in [-0.1, -0.05) is 36.1 Å². The van der Waals surface area contributed by atoms with Gasteiger partial charge in [0.2, 0.25) is 0 Å². The van der Waals surface area contributed by atoms with Crippen molar-refractivity contribution in [3.8, 4) is 23.3 Å². The summed E-state index contributed by atoms with van der Waals surface area (Å²) in [5.41, 5.74) is 0.144. The Morgan fingerprint density at radius 1 is 1.07 bits per heavy atom. The van der Waals surface area contributed by atoms with E-state index >= 15 is 0 Å². The molecule has 142 valence electrons.